The van der Waals surface area contributed by atoms with Gasteiger partial charge in [0.15, 0.2) is 0 Å². The molecule has 0 unspecified atom stereocenters. The van der Waals surface area contributed by atoms with Gasteiger partial charge in [0.25, 0.3) is 0 Å². The van der Waals surface area contributed by atoms with E-state index in [0.717, 1.165) is 18.7 Å². The van der Waals surface area contributed by atoms with Crippen LogP contribution in [-0.4, -0.2) is 17.4 Å². The van der Waals surface area contributed by atoms with E-state index in [0.29, 0.717) is 12.3 Å². The van der Waals surface area contributed by atoms with Gasteiger partial charge in [-0.2, -0.15) is 0 Å². The zero-order chi connectivity index (χ0) is 14.8. The maximum atomic E-state index is 12.3. The summed E-state index contributed by atoms with van der Waals surface area (Å²) in [6.07, 6.45) is 5.17. The van der Waals surface area contributed by atoms with Crippen molar-refractivity contribution in [3.8, 4) is 11.1 Å². The first kappa shape index (κ1) is 13.8. The number of hydrogen-bond donors (Lipinski definition) is 0. The third-order valence-electron chi connectivity index (χ3n) is 3.87. The predicted molar refractivity (Wildman–Crippen MR) is 85.2 cm³/mol. The Balaban J connectivity index is 1.87. The molecule has 0 fully saturated rings. The van der Waals surface area contributed by atoms with Crippen molar-refractivity contribution in [1.29, 1.82) is 0 Å². The monoisotopic (exact) mass is 280 g/mol. The summed E-state index contributed by atoms with van der Waals surface area (Å²) in [6.45, 7) is 4.98. The van der Waals surface area contributed by atoms with Crippen LogP contribution in [0.2, 0.25) is 0 Å². The molecule has 0 spiro atoms. The number of amides is 1. The van der Waals surface area contributed by atoms with Crippen molar-refractivity contribution in [3.05, 3.63) is 48.3 Å². The molecule has 0 atom stereocenters. The molecule has 1 aromatic carbocycles. The average Bonchev–Trinajstić information content (AvgIpc) is 2.90. The number of aromatic nitrogens is 1. The van der Waals surface area contributed by atoms with E-state index in [-0.39, 0.29) is 5.91 Å². The van der Waals surface area contributed by atoms with Crippen molar-refractivity contribution in [3.63, 3.8) is 0 Å². The SMILES string of the molecule is CC(C)CC(=O)N1CCc2cc(-c3ccncc3)ccc21. The molecular weight excluding hydrogens is 260 g/mol. The van der Waals surface area contributed by atoms with Gasteiger partial charge < -0.3 is 4.90 Å². The Labute approximate surface area is 125 Å². The number of carbonyl (C=O) groups excluding carboxylic acids is 1. The van der Waals surface area contributed by atoms with E-state index in [1.165, 1.54) is 16.7 Å². The Bertz CT molecular complexity index is 650. The van der Waals surface area contributed by atoms with Gasteiger partial charge in [0, 0.05) is 31.0 Å². The number of nitrogens with zero attached hydrogens (tertiary/aromatic N) is 2. The van der Waals surface area contributed by atoms with Crippen molar-refractivity contribution in [1.82, 2.24) is 4.98 Å². The highest BCUT2D eigenvalue weighted by molar-refractivity contribution is 5.96. The highest BCUT2D eigenvalue weighted by Gasteiger charge is 2.25. The molecule has 3 nitrogen and oxygen atoms in total. The predicted octanol–water partition coefficient (Wildman–Crippen LogP) is 3.68. The van der Waals surface area contributed by atoms with Gasteiger partial charge in [0.2, 0.25) is 5.91 Å². The van der Waals surface area contributed by atoms with Crippen LogP contribution in [0, 0.1) is 5.92 Å². The first-order valence-electron chi connectivity index (χ1n) is 7.49. The first-order valence-corrected chi connectivity index (χ1v) is 7.49. The van der Waals surface area contributed by atoms with E-state index in [1.807, 2.05) is 17.0 Å². The maximum absolute atomic E-state index is 12.3. The first-order chi connectivity index (χ1) is 10.1. The second-order valence-electron chi connectivity index (χ2n) is 5.97. The van der Waals surface area contributed by atoms with Crippen LogP contribution < -0.4 is 4.90 Å². The highest BCUT2D eigenvalue weighted by atomic mass is 16.2. The fraction of sp³-hybridized carbons (Fsp3) is 0.333. The van der Waals surface area contributed by atoms with Crippen LogP contribution in [0.25, 0.3) is 11.1 Å². The molecule has 21 heavy (non-hydrogen) atoms. The Hall–Kier alpha value is -2.16. The summed E-state index contributed by atoms with van der Waals surface area (Å²) < 4.78 is 0. The lowest BCUT2D eigenvalue weighted by atomic mass is 10.0. The second-order valence-corrected chi connectivity index (χ2v) is 5.97. The molecule has 1 aliphatic rings. The molecule has 0 saturated heterocycles. The van der Waals surface area contributed by atoms with Gasteiger partial charge in [-0.1, -0.05) is 19.9 Å². The number of hydrogen-bond acceptors (Lipinski definition) is 2. The number of fused-ring (bicyclic) bond motifs is 1. The Morgan fingerprint density at radius 1 is 1.19 bits per heavy atom. The third-order valence-corrected chi connectivity index (χ3v) is 3.87. The summed E-state index contributed by atoms with van der Waals surface area (Å²) >= 11 is 0. The quantitative estimate of drug-likeness (QED) is 0.859. The molecule has 2 heterocycles. The standard InChI is InChI=1S/C18H20N2O/c1-13(2)11-18(21)20-10-7-16-12-15(3-4-17(16)20)14-5-8-19-9-6-14/h3-6,8-9,12-13H,7,10-11H2,1-2H3. The molecule has 3 heteroatoms. The Kier molecular flexibility index (Phi) is 3.74. The van der Waals surface area contributed by atoms with Crippen LogP contribution in [0.3, 0.4) is 0 Å². The number of pyridine rings is 1. The third kappa shape index (κ3) is 2.82. The Morgan fingerprint density at radius 2 is 1.95 bits per heavy atom. The lowest BCUT2D eigenvalue weighted by Crippen LogP contribution is -2.29. The number of benzene rings is 1. The largest absolute Gasteiger partial charge is 0.312 e. The number of carbonyl (C=O) groups is 1. The molecule has 0 aliphatic carbocycles. The summed E-state index contributed by atoms with van der Waals surface area (Å²) in [5.74, 6) is 0.637. The van der Waals surface area contributed by atoms with Gasteiger partial charge >= 0.3 is 0 Å². The average molecular weight is 280 g/mol. The minimum absolute atomic E-state index is 0.236. The molecule has 0 bridgehead atoms. The van der Waals surface area contributed by atoms with E-state index in [9.17, 15) is 4.79 Å². The van der Waals surface area contributed by atoms with E-state index >= 15 is 0 Å². The topological polar surface area (TPSA) is 33.2 Å². The Morgan fingerprint density at radius 3 is 2.67 bits per heavy atom. The van der Waals surface area contributed by atoms with Crippen molar-refractivity contribution >= 4 is 11.6 Å². The van der Waals surface area contributed by atoms with Gasteiger partial charge in [-0.05, 0) is 53.3 Å². The van der Waals surface area contributed by atoms with E-state index in [4.69, 9.17) is 0 Å². The van der Waals surface area contributed by atoms with E-state index < -0.39 is 0 Å². The summed E-state index contributed by atoms with van der Waals surface area (Å²) in [7, 11) is 0. The molecule has 0 saturated carbocycles. The van der Waals surface area contributed by atoms with E-state index in [1.54, 1.807) is 12.4 Å². The van der Waals surface area contributed by atoms with Crippen molar-refractivity contribution in [2.24, 2.45) is 5.92 Å². The molecule has 1 aromatic heterocycles. The lowest BCUT2D eigenvalue weighted by Gasteiger charge is -2.18. The number of rotatable bonds is 3. The van der Waals surface area contributed by atoms with Gasteiger partial charge in [0.1, 0.15) is 0 Å². The van der Waals surface area contributed by atoms with Gasteiger partial charge in [-0.15, -0.1) is 0 Å². The lowest BCUT2D eigenvalue weighted by molar-refractivity contribution is -0.119. The highest BCUT2D eigenvalue weighted by Crippen LogP contribution is 2.32. The van der Waals surface area contributed by atoms with Crippen molar-refractivity contribution < 1.29 is 4.79 Å². The molecule has 0 N–H and O–H groups in total. The normalized spacial score (nSPS) is 13.6. The molecule has 1 aliphatic heterocycles. The van der Waals surface area contributed by atoms with Crippen molar-refractivity contribution in [2.45, 2.75) is 26.7 Å². The molecule has 3 rings (SSSR count). The van der Waals surface area contributed by atoms with Crippen molar-refractivity contribution in [2.75, 3.05) is 11.4 Å². The molecule has 108 valence electrons. The fourth-order valence-electron chi connectivity index (χ4n) is 2.84. The maximum Gasteiger partial charge on any atom is 0.227 e. The minimum atomic E-state index is 0.236. The van der Waals surface area contributed by atoms with Gasteiger partial charge in [-0.25, -0.2) is 0 Å². The van der Waals surface area contributed by atoms with E-state index in [2.05, 4.69) is 37.0 Å². The summed E-state index contributed by atoms with van der Waals surface area (Å²) in [4.78, 5) is 18.3. The molecule has 1 amide bonds. The zero-order valence-corrected chi connectivity index (χ0v) is 12.5. The smallest absolute Gasteiger partial charge is 0.227 e. The van der Waals surface area contributed by atoms with Gasteiger partial charge in [0.05, 0.1) is 0 Å². The summed E-state index contributed by atoms with van der Waals surface area (Å²) in [5, 5.41) is 0. The number of anilines is 1. The minimum Gasteiger partial charge on any atom is -0.312 e. The van der Waals surface area contributed by atoms with Gasteiger partial charge in [-0.3, -0.25) is 9.78 Å². The zero-order valence-electron chi connectivity index (χ0n) is 12.5. The van der Waals surface area contributed by atoms with Crippen LogP contribution in [0.4, 0.5) is 5.69 Å². The second kappa shape index (κ2) is 5.68. The van der Waals surface area contributed by atoms with Crippen LogP contribution in [0.1, 0.15) is 25.8 Å². The van der Waals surface area contributed by atoms with Crippen LogP contribution >= 0.6 is 0 Å². The molecule has 2 aromatic rings. The fourth-order valence-corrected chi connectivity index (χ4v) is 2.84. The van der Waals surface area contributed by atoms with Crippen LogP contribution in [0.15, 0.2) is 42.7 Å². The molecular formula is C18H20N2O. The molecule has 0 radical (unpaired) electrons. The summed E-state index contributed by atoms with van der Waals surface area (Å²) in [5.41, 5.74) is 4.70. The van der Waals surface area contributed by atoms with Crippen LogP contribution in [0.5, 0.6) is 0 Å². The summed E-state index contributed by atoms with van der Waals surface area (Å²) in [6, 6.07) is 10.4. The van der Waals surface area contributed by atoms with Crippen LogP contribution in [-0.2, 0) is 11.2 Å².